The maximum Gasteiger partial charge on any atom is 0.323 e. The molecule has 0 saturated heterocycles. The van der Waals surface area contributed by atoms with Crippen LogP contribution in [0.25, 0.3) is 22.0 Å². The minimum absolute atomic E-state index is 0.0617. The van der Waals surface area contributed by atoms with Crippen LogP contribution in [0.3, 0.4) is 0 Å². The third kappa shape index (κ3) is 5.51. The highest BCUT2D eigenvalue weighted by Gasteiger charge is 2.26. The van der Waals surface area contributed by atoms with Crippen LogP contribution < -0.4 is 15.4 Å². The number of benzene rings is 3. The number of fused-ring (bicyclic) bond motifs is 2. The number of carboxylic acid groups (broad SMARTS) is 1. The molecule has 3 aromatic carbocycles. The van der Waals surface area contributed by atoms with Gasteiger partial charge in [0.15, 0.2) is 0 Å². The molecular weight excluding hydrogens is 504 g/mol. The highest BCUT2D eigenvalue weighted by Crippen LogP contribution is 2.28. The maximum atomic E-state index is 12.8. The van der Waals surface area contributed by atoms with Crippen molar-refractivity contribution in [1.82, 2.24) is 15.0 Å². The van der Waals surface area contributed by atoms with E-state index >= 15 is 0 Å². The molecule has 4 aromatic rings. The van der Waals surface area contributed by atoms with E-state index in [1.54, 1.807) is 18.2 Å². The summed E-state index contributed by atoms with van der Waals surface area (Å²) in [5.74, 6) is -0.989. The number of pyridine rings is 1. The summed E-state index contributed by atoms with van der Waals surface area (Å²) in [7, 11) is -4.07. The number of rotatable bonds is 8. The van der Waals surface area contributed by atoms with Crippen LogP contribution in [-0.2, 0) is 21.2 Å². The second-order valence-electron chi connectivity index (χ2n) is 9.05. The molecule has 0 radical (unpaired) electrons. The van der Waals surface area contributed by atoms with Crippen molar-refractivity contribution in [2.75, 3.05) is 18.4 Å². The molecule has 10 heteroatoms. The molecule has 4 N–H and O–H groups in total. The number of carbonyl (C=O) groups excluding carboxylic acids is 1. The summed E-state index contributed by atoms with van der Waals surface area (Å²) in [5.41, 5.74) is 3.37. The Balaban J connectivity index is 1.29. The van der Waals surface area contributed by atoms with Gasteiger partial charge < -0.3 is 15.7 Å². The smallest absolute Gasteiger partial charge is 0.323 e. The van der Waals surface area contributed by atoms with Gasteiger partial charge in [0.2, 0.25) is 10.0 Å². The van der Waals surface area contributed by atoms with Crippen LogP contribution in [0.5, 0.6) is 0 Å². The van der Waals surface area contributed by atoms with Crippen molar-refractivity contribution in [2.24, 2.45) is 0 Å². The molecule has 0 bridgehead atoms. The van der Waals surface area contributed by atoms with Crippen LogP contribution in [0.15, 0.2) is 83.8 Å². The Labute approximate surface area is 220 Å². The Morgan fingerprint density at radius 1 is 0.974 bits per heavy atom. The highest BCUT2D eigenvalue weighted by atomic mass is 32.2. The lowest BCUT2D eigenvalue weighted by Gasteiger charge is -2.17. The van der Waals surface area contributed by atoms with Crippen molar-refractivity contribution < 1.29 is 23.1 Å². The van der Waals surface area contributed by atoms with Gasteiger partial charge >= 0.3 is 5.97 Å². The average molecular weight is 531 g/mol. The summed E-state index contributed by atoms with van der Waals surface area (Å²) in [4.78, 5) is 29.2. The molecule has 1 aliphatic rings. The predicted molar refractivity (Wildman–Crippen MR) is 145 cm³/mol. The van der Waals surface area contributed by atoms with Crippen molar-refractivity contribution in [1.29, 1.82) is 0 Å². The number of aromatic nitrogens is 1. The lowest BCUT2D eigenvalue weighted by Crippen LogP contribution is -2.48. The van der Waals surface area contributed by atoms with Crippen molar-refractivity contribution in [3.8, 4) is 11.3 Å². The first kappa shape index (κ1) is 25.4. The van der Waals surface area contributed by atoms with Gasteiger partial charge in [-0.2, -0.15) is 4.72 Å². The molecule has 194 valence electrons. The Hall–Kier alpha value is -4.28. The Bertz CT molecular complexity index is 1620. The van der Waals surface area contributed by atoms with E-state index in [0.29, 0.717) is 5.56 Å². The summed E-state index contributed by atoms with van der Waals surface area (Å²) in [6, 6.07) is 21.1. The second kappa shape index (κ2) is 10.6. The quantitative estimate of drug-likeness (QED) is 0.274. The maximum absolute atomic E-state index is 12.8. The summed E-state index contributed by atoms with van der Waals surface area (Å²) in [5, 5.41) is 17.1. The fraction of sp³-hybridized carbons (Fsp3) is 0.179. The summed E-state index contributed by atoms with van der Waals surface area (Å²) in [6.07, 6.45) is 2.12. The molecule has 1 aliphatic heterocycles. The van der Waals surface area contributed by atoms with Crippen molar-refractivity contribution in [2.45, 2.75) is 23.8 Å². The number of nitrogens with one attached hydrogen (secondary N) is 3. The fourth-order valence-electron chi connectivity index (χ4n) is 4.37. The number of aryl methyl sites for hydroxylation is 1. The molecule has 0 fully saturated rings. The zero-order valence-electron chi connectivity index (χ0n) is 20.3. The Kier molecular flexibility index (Phi) is 7.08. The molecule has 0 spiro atoms. The van der Waals surface area contributed by atoms with E-state index in [0.717, 1.165) is 47.2 Å². The zero-order valence-corrected chi connectivity index (χ0v) is 21.2. The zero-order chi connectivity index (χ0) is 26.7. The molecule has 5 rings (SSSR count). The number of hydrogen-bond donors (Lipinski definition) is 4. The first-order valence-electron chi connectivity index (χ1n) is 12.2. The number of carbonyl (C=O) groups is 2. The molecule has 9 nitrogen and oxygen atoms in total. The predicted octanol–water partition coefficient (Wildman–Crippen LogP) is 3.42. The third-order valence-corrected chi connectivity index (χ3v) is 7.90. The van der Waals surface area contributed by atoms with Crippen molar-refractivity contribution in [3.05, 3.63) is 90.0 Å². The van der Waals surface area contributed by atoms with Gasteiger partial charge in [0, 0.05) is 24.2 Å². The molecular formula is C28H26N4O5S. The van der Waals surface area contributed by atoms with Crippen LogP contribution in [0, 0.1) is 0 Å². The van der Waals surface area contributed by atoms with Gasteiger partial charge in [0.05, 0.1) is 10.6 Å². The van der Waals surface area contributed by atoms with Gasteiger partial charge in [-0.15, -0.1) is 0 Å². The van der Waals surface area contributed by atoms with Gasteiger partial charge in [-0.3, -0.25) is 9.59 Å². The van der Waals surface area contributed by atoms with E-state index in [1.165, 1.54) is 29.8 Å². The number of hydrogen-bond acceptors (Lipinski definition) is 6. The first-order valence-corrected chi connectivity index (χ1v) is 13.6. The number of anilines is 1. The van der Waals surface area contributed by atoms with Gasteiger partial charge in [0.1, 0.15) is 11.9 Å². The summed E-state index contributed by atoms with van der Waals surface area (Å²) < 4.78 is 27.2. The van der Waals surface area contributed by atoms with E-state index in [4.69, 9.17) is 4.98 Å². The summed E-state index contributed by atoms with van der Waals surface area (Å²) >= 11 is 0. The molecule has 2 heterocycles. The topological polar surface area (TPSA) is 137 Å². The van der Waals surface area contributed by atoms with Crippen LogP contribution in [0.4, 0.5) is 5.82 Å². The van der Waals surface area contributed by atoms with E-state index in [1.807, 2.05) is 30.3 Å². The highest BCUT2D eigenvalue weighted by molar-refractivity contribution is 7.89. The lowest BCUT2D eigenvalue weighted by atomic mass is 10.0. The molecule has 1 atom stereocenters. The lowest BCUT2D eigenvalue weighted by molar-refractivity contribution is -0.138. The van der Waals surface area contributed by atoms with Gasteiger partial charge in [-0.05, 0) is 65.6 Å². The fourth-order valence-corrected chi connectivity index (χ4v) is 5.58. The normalized spacial score (nSPS) is 13.8. The van der Waals surface area contributed by atoms with Crippen LogP contribution >= 0.6 is 0 Å². The number of nitrogens with zero attached hydrogens (tertiary/aromatic N) is 1. The van der Waals surface area contributed by atoms with E-state index in [2.05, 4.69) is 21.4 Å². The molecule has 1 amide bonds. The number of sulfonamides is 1. The van der Waals surface area contributed by atoms with Crippen LogP contribution in [-0.4, -0.2) is 49.5 Å². The average Bonchev–Trinajstić information content (AvgIpc) is 2.94. The Morgan fingerprint density at radius 2 is 1.74 bits per heavy atom. The second-order valence-corrected chi connectivity index (χ2v) is 10.8. The van der Waals surface area contributed by atoms with Gasteiger partial charge in [-0.25, -0.2) is 13.4 Å². The largest absolute Gasteiger partial charge is 0.480 e. The molecule has 1 aromatic heterocycles. The number of amides is 1. The standard InChI is InChI=1S/C28H26N4O5S/c33-27(30-17-25(28(34)35)32-38(36,37)23-6-2-1-3-7-23)22-11-9-19-15-21(10-8-20(19)16-22)24-13-12-18-5-4-14-29-26(18)31-24/h1-3,6-13,15-16,25,32H,4-5,14,17H2,(H,29,31)(H,30,33)(H,34,35)/t25-/m0/s1. The minimum Gasteiger partial charge on any atom is -0.480 e. The molecule has 38 heavy (non-hydrogen) atoms. The van der Waals surface area contributed by atoms with Crippen LogP contribution in [0.2, 0.25) is 0 Å². The third-order valence-electron chi connectivity index (χ3n) is 6.41. The van der Waals surface area contributed by atoms with Crippen molar-refractivity contribution in [3.63, 3.8) is 0 Å². The first-order chi connectivity index (χ1) is 18.3. The van der Waals surface area contributed by atoms with Crippen LogP contribution in [0.1, 0.15) is 22.3 Å². The number of carboxylic acids is 1. The monoisotopic (exact) mass is 530 g/mol. The summed E-state index contributed by atoms with van der Waals surface area (Å²) in [6.45, 7) is 0.493. The van der Waals surface area contributed by atoms with E-state index in [-0.39, 0.29) is 4.90 Å². The molecule has 0 aliphatic carbocycles. The van der Waals surface area contributed by atoms with Gasteiger partial charge in [0.25, 0.3) is 5.91 Å². The van der Waals surface area contributed by atoms with E-state index < -0.39 is 34.5 Å². The van der Waals surface area contributed by atoms with Crippen molar-refractivity contribution >= 4 is 38.5 Å². The minimum atomic E-state index is -4.07. The molecule has 0 saturated carbocycles. The van der Waals surface area contributed by atoms with E-state index in [9.17, 15) is 23.1 Å². The Morgan fingerprint density at radius 3 is 2.53 bits per heavy atom. The van der Waals surface area contributed by atoms with Gasteiger partial charge in [-0.1, -0.05) is 42.5 Å². The number of aliphatic carboxylic acids is 1. The SMILES string of the molecule is O=C(NC[C@H](NS(=O)(=O)c1ccccc1)C(=O)O)c1ccc2cc(-c3ccc4c(n3)NCCC4)ccc2c1. The molecule has 0 unspecified atom stereocenters.